The highest BCUT2D eigenvalue weighted by molar-refractivity contribution is 7.16. The molecule has 11 heteroatoms. The third kappa shape index (κ3) is 5.04. The van der Waals surface area contributed by atoms with Gasteiger partial charge in [0.15, 0.2) is 5.13 Å². The number of aliphatic carboxylic acids is 1. The summed E-state index contributed by atoms with van der Waals surface area (Å²) in [7, 11) is 0. The Balaban J connectivity index is 1.93. The Labute approximate surface area is 181 Å². The van der Waals surface area contributed by atoms with E-state index in [9.17, 15) is 23.2 Å². The van der Waals surface area contributed by atoms with Crippen LogP contribution < -0.4 is 10.2 Å². The number of aromatic nitrogens is 2. The van der Waals surface area contributed by atoms with Gasteiger partial charge in [0.25, 0.3) is 5.91 Å². The lowest BCUT2D eigenvalue weighted by Crippen LogP contribution is -2.52. The van der Waals surface area contributed by atoms with E-state index in [0.29, 0.717) is 4.88 Å². The minimum Gasteiger partial charge on any atom is -0.481 e. The standard InChI is InChI=1S/C20H22F2N4O4S/c1-10-17(18(30)23-12-6-7-20(12,2)3)25-19(31-10)26(15(27)4-5-16(28)29)11-8-13(21)24-14(22)9-11/h8-9,12H,4-7H2,1-3H3,(H,23,30)(H,28,29). The van der Waals surface area contributed by atoms with Crippen molar-refractivity contribution in [2.24, 2.45) is 5.41 Å². The van der Waals surface area contributed by atoms with E-state index in [1.165, 1.54) is 0 Å². The Morgan fingerprint density at radius 1 is 1.23 bits per heavy atom. The summed E-state index contributed by atoms with van der Waals surface area (Å²) in [6, 6.07) is 1.69. The molecule has 1 aliphatic rings. The van der Waals surface area contributed by atoms with Crippen molar-refractivity contribution in [1.29, 1.82) is 0 Å². The lowest BCUT2D eigenvalue weighted by Gasteiger charge is -2.44. The monoisotopic (exact) mass is 452 g/mol. The minimum absolute atomic E-state index is 0.00115. The van der Waals surface area contributed by atoms with E-state index in [4.69, 9.17) is 5.11 Å². The van der Waals surface area contributed by atoms with Gasteiger partial charge in [-0.05, 0) is 25.2 Å². The molecule has 0 spiro atoms. The van der Waals surface area contributed by atoms with Gasteiger partial charge in [0.05, 0.1) is 12.1 Å². The van der Waals surface area contributed by atoms with E-state index in [-0.39, 0.29) is 28.0 Å². The number of hydrogen-bond donors (Lipinski definition) is 2. The summed E-state index contributed by atoms with van der Waals surface area (Å²) in [4.78, 5) is 45.1. The van der Waals surface area contributed by atoms with Gasteiger partial charge < -0.3 is 10.4 Å². The van der Waals surface area contributed by atoms with Crippen LogP contribution in [0.1, 0.15) is 54.9 Å². The van der Waals surface area contributed by atoms with E-state index in [1.807, 2.05) is 0 Å². The van der Waals surface area contributed by atoms with Gasteiger partial charge in [0.1, 0.15) is 5.69 Å². The van der Waals surface area contributed by atoms with Crippen LogP contribution in [0.4, 0.5) is 19.6 Å². The fourth-order valence-corrected chi connectivity index (χ4v) is 4.26. The van der Waals surface area contributed by atoms with Gasteiger partial charge in [-0.15, -0.1) is 11.3 Å². The fourth-order valence-electron chi connectivity index (χ4n) is 3.32. The van der Waals surface area contributed by atoms with Gasteiger partial charge in [-0.3, -0.25) is 19.3 Å². The molecule has 166 valence electrons. The average Bonchev–Trinajstić information content (AvgIpc) is 3.04. The fraction of sp³-hybridized carbons (Fsp3) is 0.450. The molecule has 3 rings (SSSR count). The highest BCUT2D eigenvalue weighted by atomic mass is 32.1. The van der Waals surface area contributed by atoms with Crippen LogP contribution >= 0.6 is 11.3 Å². The van der Waals surface area contributed by atoms with Gasteiger partial charge in [-0.25, -0.2) is 4.98 Å². The number of hydrogen-bond acceptors (Lipinski definition) is 6. The van der Waals surface area contributed by atoms with E-state index >= 15 is 0 Å². The SMILES string of the molecule is Cc1sc(N(C(=O)CCC(=O)O)c2cc(F)nc(F)c2)nc1C(=O)NC1CCC1(C)C. The van der Waals surface area contributed by atoms with Crippen molar-refractivity contribution in [3.63, 3.8) is 0 Å². The van der Waals surface area contributed by atoms with E-state index in [1.54, 1.807) is 6.92 Å². The van der Waals surface area contributed by atoms with Crippen molar-refractivity contribution < 1.29 is 28.3 Å². The smallest absolute Gasteiger partial charge is 0.303 e. The normalized spacial score (nSPS) is 17.0. The highest BCUT2D eigenvalue weighted by Gasteiger charge is 2.40. The predicted octanol–water partition coefficient (Wildman–Crippen LogP) is 3.57. The second-order valence-electron chi connectivity index (χ2n) is 8.05. The van der Waals surface area contributed by atoms with E-state index < -0.39 is 42.5 Å². The van der Waals surface area contributed by atoms with Gasteiger partial charge in [-0.2, -0.15) is 13.8 Å². The molecule has 31 heavy (non-hydrogen) atoms. The molecular weight excluding hydrogens is 430 g/mol. The number of nitrogens with one attached hydrogen (secondary N) is 1. The van der Waals surface area contributed by atoms with Crippen molar-refractivity contribution in [2.45, 2.75) is 52.5 Å². The molecule has 2 aromatic heterocycles. The maximum Gasteiger partial charge on any atom is 0.303 e. The molecule has 0 radical (unpaired) electrons. The molecule has 0 aromatic carbocycles. The molecule has 1 fully saturated rings. The van der Waals surface area contributed by atoms with Crippen LogP contribution in [-0.4, -0.2) is 38.9 Å². The summed E-state index contributed by atoms with van der Waals surface area (Å²) in [5, 5.41) is 11.8. The maximum atomic E-state index is 13.7. The molecule has 1 saturated carbocycles. The van der Waals surface area contributed by atoms with Crippen LogP contribution in [0.25, 0.3) is 0 Å². The third-order valence-electron chi connectivity index (χ3n) is 5.33. The largest absolute Gasteiger partial charge is 0.481 e. The zero-order valence-corrected chi connectivity index (χ0v) is 18.1. The number of nitrogens with zero attached hydrogens (tertiary/aromatic N) is 3. The molecule has 2 N–H and O–H groups in total. The van der Waals surface area contributed by atoms with Crippen LogP contribution in [0.3, 0.4) is 0 Å². The Hall–Kier alpha value is -2.95. The van der Waals surface area contributed by atoms with Crippen LogP contribution in [0.5, 0.6) is 0 Å². The van der Waals surface area contributed by atoms with Crippen molar-refractivity contribution in [3.05, 3.63) is 34.6 Å². The molecule has 0 aliphatic heterocycles. The second-order valence-corrected chi connectivity index (χ2v) is 9.23. The average molecular weight is 452 g/mol. The molecular formula is C20H22F2N4O4S. The van der Waals surface area contributed by atoms with Crippen molar-refractivity contribution >= 4 is 39.9 Å². The number of pyridine rings is 1. The molecule has 2 amide bonds. The number of amides is 2. The number of aryl methyl sites for hydroxylation is 1. The van der Waals surface area contributed by atoms with E-state index in [2.05, 4.69) is 29.1 Å². The van der Waals surface area contributed by atoms with Crippen LogP contribution in [0, 0.1) is 24.2 Å². The maximum absolute atomic E-state index is 13.7. The summed E-state index contributed by atoms with van der Waals surface area (Å²) in [6.07, 6.45) is 0.950. The van der Waals surface area contributed by atoms with Gasteiger partial charge in [-0.1, -0.05) is 13.8 Å². The van der Waals surface area contributed by atoms with Crippen molar-refractivity contribution in [1.82, 2.24) is 15.3 Å². The van der Waals surface area contributed by atoms with Crippen LogP contribution in [0.2, 0.25) is 0 Å². The van der Waals surface area contributed by atoms with Crippen molar-refractivity contribution in [2.75, 3.05) is 4.90 Å². The number of carboxylic acids is 1. The lowest BCUT2D eigenvalue weighted by atomic mass is 9.67. The first-order valence-corrected chi connectivity index (χ1v) is 10.5. The first-order valence-electron chi connectivity index (χ1n) is 9.64. The quantitative estimate of drug-likeness (QED) is 0.621. The number of rotatable bonds is 7. The number of carbonyl (C=O) groups is 3. The number of thiazole rings is 1. The van der Waals surface area contributed by atoms with Gasteiger partial charge in [0, 0.05) is 29.5 Å². The molecule has 1 aliphatic carbocycles. The summed E-state index contributed by atoms with van der Waals surface area (Å²) >= 11 is 0.993. The number of carbonyl (C=O) groups excluding carboxylic acids is 2. The summed E-state index contributed by atoms with van der Waals surface area (Å²) in [5.74, 6) is -4.62. The Kier molecular flexibility index (Phi) is 6.35. The summed E-state index contributed by atoms with van der Waals surface area (Å²) in [5.41, 5.74) is -0.108. The predicted molar refractivity (Wildman–Crippen MR) is 109 cm³/mol. The molecule has 1 unspecified atom stereocenters. The first-order chi connectivity index (χ1) is 14.5. The first kappa shape index (κ1) is 22.7. The lowest BCUT2D eigenvalue weighted by molar-refractivity contribution is -0.138. The molecule has 2 aromatic rings. The highest BCUT2D eigenvalue weighted by Crippen LogP contribution is 2.40. The van der Waals surface area contributed by atoms with Crippen LogP contribution in [-0.2, 0) is 9.59 Å². The molecule has 0 saturated heterocycles. The summed E-state index contributed by atoms with van der Waals surface area (Å²) in [6.45, 7) is 5.75. The minimum atomic E-state index is -1.20. The zero-order valence-electron chi connectivity index (χ0n) is 17.2. The Morgan fingerprint density at radius 3 is 2.39 bits per heavy atom. The zero-order chi connectivity index (χ0) is 22.9. The molecule has 0 bridgehead atoms. The van der Waals surface area contributed by atoms with Gasteiger partial charge >= 0.3 is 5.97 Å². The topological polar surface area (TPSA) is 112 Å². The molecule has 2 heterocycles. The Bertz CT molecular complexity index is 1020. The molecule has 8 nitrogen and oxygen atoms in total. The van der Waals surface area contributed by atoms with Crippen molar-refractivity contribution in [3.8, 4) is 0 Å². The second kappa shape index (κ2) is 8.66. The summed E-state index contributed by atoms with van der Waals surface area (Å²) < 4.78 is 27.4. The number of anilines is 2. The van der Waals surface area contributed by atoms with Crippen LogP contribution in [0.15, 0.2) is 12.1 Å². The number of halogens is 2. The third-order valence-corrected chi connectivity index (χ3v) is 6.28. The number of carboxylic acid groups (broad SMARTS) is 1. The van der Waals surface area contributed by atoms with E-state index in [0.717, 1.165) is 41.2 Å². The van der Waals surface area contributed by atoms with Gasteiger partial charge in [0.2, 0.25) is 17.8 Å². The molecule has 1 atom stereocenters. The Morgan fingerprint density at radius 2 is 1.87 bits per heavy atom.